The van der Waals surface area contributed by atoms with Crippen molar-refractivity contribution in [3.05, 3.63) is 11.8 Å². The molecule has 1 N–H and O–H groups in total. The van der Waals surface area contributed by atoms with Gasteiger partial charge in [-0.15, -0.1) is 0 Å². The highest BCUT2D eigenvalue weighted by Crippen LogP contribution is 2.21. The van der Waals surface area contributed by atoms with Gasteiger partial charge in [-0.3, -0.25) is 0 Å². The lowest BCUT2D eigenvalue weighted by Crippen LogP contribution is -2.42. The first-order valence-electron chi connectivity index (χ1n) is 4.45. The predicted molar refractivity (Wildman–Crippen MR) is 44.2 cm³/mol. The van der Waals surface area contributed by atoms with Gasteiger partial charge in [-0.25, -0.2) is 0 Å². The van der Waals surface area contributed by atoms with E-state index in [1.165, 1.54) is 37.9 Å². The van der Waals surface area contributed by atoms with Crippen molar-refractivity contribution in [3.63, 3.8) is 0 Å². The maximum absolute atomic E-state index is 5.27. The molecule has 2 aliphatic rings. The van der Waals surface area contributed by atoms with Gasteiger partial charge >= 0.3 is 0 Å². The smallest absolute Gasteiger partial charge is 0.0876 e. The summed E-state index contributed by atoms with van der Waals surface area (Å²) in [6.45, 7) is 3.33. The Balaban J connectivity index is 1.79. The SMILES string of the molecule is C1=C(CC2CNC2)CCCO1. The molecule has 11 heavy (non-hydrogen) atoms. The summed E-state index contributed by atoms with van der Waals surface area (Å²) in [6.07, 6.45) is 5.71. The van der Waals surface area contributed by atoms with Crippen LogP contribution in [0.1, 0.15) is 19.3 Å². The monoisotopic (exact) mass is 153 g/mol. The number of nitrogens with one attached hydrogen (secondary N) is 1. The first-order chi connectivity index (χ1) is 5.45. The van der Waals surface area contributed by atoms with E-state index in [0.717, 1.165) is 12.5 Å². The van der Waals surface area contributed by atoms with Crippen LogP contribution in [0.5, 0.6) is 0 Å². The molecule has 2 nitrogen and oxygen atoms in total. The van der Waals surface area contributed by atoms with E-state index in [2.05, 4.69) is 5.32 Å². The van der Waals surface area contributed by atoms with E-state index in [0.29, 0.717) is 0 Å². The molecule has 0 unspecified atom stereocenters. The van der Waals surface area contributed by atoms with Gasteiger partial charge in [0, 0.05) is 0 Å². The first kappa shape index (κ1) is 7.17. The molecule has 0 bridgehead atoms. The average Bonchev–Trinajstić information content (AvgIpc) is 1.99. The summed E-state index contributed by atoms with van der Waals surface area (Å²) in [5.74, 6) is 0.892. The summed E-state index contributed by atoms with van der Waals surface area (Å²) in [5.41, 5.74) is 1.52. The molecule has 2 rings (SSSR count). The fourth-order valence-electron chi connectivity index (χ4n) is 1.63. The van der Waals surface area contributed by atoms with Crippen LogP contribution in [0.2, 0.25) is 0 Å². The Morgan fingerprint density at radius 2 is 2.45 bits per heavy atom. The molecule has 1 saturated heterocycles. The van der Waals surface area contributed by atoms with Gasteiger partial charge in [-0.1, -0.05) is 0 Å². The van der Waals surface area contributed by atoms with Crippen LogP contribution in [0.15, 0.2) is 11.8 Å². The first-order valence-corrected chi connectivity index (χ1v) is 4.45. The summed E-state index contributed by atoms with van der Waals surface area (Å²) < 4.78 is 5.27. The quantitative estimate of drug-likeness (QED) is 0.645. The van der Waals surface area contributed by atoms with Crippen molar-refractivity contribution in [2.75, 3.05) is 19.7 Å². The normalized spacial score (nSPS) is 25.3. The standard InChI is InChI=1S/C9H15NO/c1-2-8(7-11-3-1)4-9-5-10-6-9/h7,9-10H,1-6H2. The predicted octanol–water partition coefficient (Wildman–Crippen LogP) is 1.29. The van der Waals surface area contributed by atoms with Gasteiger partial charge in [0.25, 0.3) is 0 Å². The third-order valence-corrected chi connectivity index (χ3v) is 2.43. The number of allylic oxidation sites excluding steroid dienone is 1. The van der Waals surface area contributed by atoms with Crippen molar-refractivity contribution in [2.24, 2.45) is 5.92 Å². The fourth-order valence-corrected chi connectivity index (χ4v) is 1.63. The lowest BCUT2D eigenvalue weighted by Gasteiger charge is -2.28. The van der Waals surface area contributed by atoms with Crippen molar-refractivity contribution in [3.8, 4) is 0 Å². The number of rotatable bonds is 2. The van der Waals surface area contributed by atoms with Crippen LogP contribution in [0.25, 0.3) is 0 Å². The van der Waals surface area contributed by atoms with Gasteiger partial charge in [0.2, 0.25) is 0 Å². The van der Waals surface area contributed by atoms with Crippen LogP contribution in [-0.4, -0.2) is 19.7 Å². The van der Waals surface area contributed by atoms with Crippen molar-refractivity contribution < 1.29 is 4.74 Å². The minimum absolute atomic E-state index is 0.892. The highest BCUT2D eigenvalue weighted by molar-refractivity contribution is 5.03. The van der Waals surface area contributed by atoms with Gasteiger partial charge in [0.05, 0.1) is 12.9 Å². The van der Waals surface area contributed by atoms with Crippen molar-refractivity contribution >= 4 is 0 Å². The molecule has 0 aromatic rings. The number of ether oxygens (including phenoxy) is 1. The van der Waals surface area contributed by atoms with Gasteiger partial charge in [0.15, 0.2) is 0 Å². The Bertz CT molecular complexity index is 161. The summed E-state index contributed by atoms with van der Waals surface area (Å²) in [7, 11) is 0. The molecule has 0 aromatic carbocycles. The van der Waals surface area contributed by atoms with Crippen LogP contribution in [0.4, 0.5) is 0 Å². The van der Waals surface area contributed by atoms with Crippen LogP contribution < -0.4 is 5.32 Å². The van der Waals surface area contributed by atoms with Crippen molar-refractivity contribution in [2.45, 2.75) is 19.3 Å². The summed E-state index contributed by atoms with van der Waals surface area (Å²) in [5, 5.41) is 3.28. The van der Waals surface area contributed by atoms with Crippen LogP contribution >= 0.6 is 0 Å². The van der Waals surface area contributed by atoms with E-state index in [9.17, 15) is 0 Å². The molecule has 0 saturated carbocycles. The minimum Gasteiger partial charge on any atom is -0.501 e. The summed E-state index contributed by atoms with van der Waals surface area (Å²) in [4.78, 5) is 0. The molecular formula is C9H15NO. The Kier molecular flexibility index (Phi) is 2.13. The van der Waals surface area contributed by atoms with Crippen LogP contribution in [0, 0.1) is 5.92 Å². The van der Waals surface area contributed by atoms with Crippen LogP contribution in [-0.2, 0) is 4.74 Å². The van der Waals surface area contributed by atoms with Gasteiger partial charge in [-0.05, 0) is 43.8 Å². The molecule has 2 heterocycles. The van der Waals surface area contributed by atoms with E-state index in [-0.39, 0.29) is 0 Å². The zero-order chi connectivity index (χ0) is 7.52. The molecule has 1 fully saturated rings. The second-order valence-corrected chi connectivity index (χ2v) is 3.48. The number of hydrogen-bond donors (Lipinski definition) is 1. The Labute approximate surface area is 67.6 Å². The highest BCUT2D eigenvalue weighted by Gasteiger charge is 2.18. The third kappa shape index (κ3) is 1.74. The molecule has 2 heteroatoms. The van der Waals surface area contributed by atoms with Crippen LogP contribution in [0.3, 0.4) is 0 Å². The molecule has 0 aromatic heterocycles. The molecule has 0 amide bonds. The van der Waals surface area contributed by atoms with E-state index in [1.54, 1.807) is 0 Å². The second kappa shape index (κ2) is 3.26. The minimum atomic E-state index is 0.892. The molecule has 62 valence electrons. The van der Waals surface area contributed by atoms with E-state index < -0.39 is 0 Å². The fraction of sp³-hybridized carbons (Fsp3) is 0.778. The third-order valence-electron chi connectivity index (χ3n) is 2.43. The zero-order valence-electron chi connectivity index (χ0n) is 6.81. The lowest BCUT2D eigenvalue weighted by molar-refractivity contribution is 0.217. The van der Waals surface area contributed by atoms with E-state index in [1.807, 2.05) is 6.26 Å². The average molecular weight is 153 g/mol. The molecular weight excluding hydrogens is 138 g/mol. The Morgan fingerprint density at radius 3 is 3.00 bits per heavy atom. The van der Waals surface area contributed by atoms with Gasteiger partial charge in [0.1, 0.15) is 0 Å². The largest absolute Gasteiger partial charge is 0.501 e. The molecule has 0 atom stereocenters. The Hall–Kier alpha value is -0.500. The molecule has 2 aliphatic heterocycles. The summed E-state index contributed by atoms with van der Waals surface area (Å²) in [6, 6.07) is 0. The topological polar surface area (TPSA) is 21.3 Å². The van der Waals surface area contributed by atoms with Gasteiger partial charge in [-0.2, -0.15) is 0 Å². The van der Waals surface area contributed by atoms with E-state index >= 15 is 0 Å². The maximum Gasteiger partial charge on any atom is 0.0876 e. The zero-order valence-corrected chi connectivity index (χ0v) is 6.81. The van der Waals surface area contributed by atoms with E-state index in [4.69, 9.17) is 4.74 Å². The van der Waals surface area contributed by atoms with Gasteiger partial charge < -0.3 is 10.1 Å². The molecule has 0 aliphatic carbocycles. The Morgan fingerprint density at radius 1 is 1.55 bits per heavy atom. The van der Waals surface area contributed by atoms with Crippen molar-refractivity contribution in [1.29, 1.82) is 0 Å². The summed E-state index contributed by atoms with van der Waals surface area (Å²) >= 11 is 0. The maximum atomic E-state index is 5.27. The van der Waals surface area contributed by atoms with Crippen molar-refractivity contribution in [1.82, 2.24) is 5.32 Å². The molecule has 0 spiro atoms. The molecule has 0 radical (unpaired) electrons. The highest BCUT2D eigenvalue weighted by atomic mass is 16.5. The number of hydrogen-bond acceptors (Lipinski definition) is 2. The second-order valence-electron chi connectivity index (χ2n) is 3.48. The lowest BCUT2D eigenvalue weighted by atomic mass is 9.92.